The largest absolute Gasteiger partial charge is 0.483 e. The van der Waals surface area contributed by atoms with E-state index >= 15 is 0 Å². The molecule has 0 spiro atoms. The first-order valence-electron chi connectivity index (χ1n) is 6.17. The lowest BCUT2D eigenvalue weighted by molar-refractivity contribution is 0.111. The Balaban J connectivity index is 1.93. The van der Waals surface area contributed by atoms with Gasteiger partial charge in [-0.05, 0) is 23.8 Å². The maximum atomic E-state index is 11.3. The number of aryl methyl sites for hydroxylation is 1. The van der Waals surface area contributed by atoms with Crippen molar-refractivity contribution in [3.05, 3.63) is 53.7 Å². The van der Waals surface area contributed by atoms with Gasteiger partial charge in [0.1, 0.15) is 5.75 Å². The molecule has 3 rings (SSSR count). The van der Waals surface area contributed by atoms with Crippen LogP contribution in [0.15, 0.2) is 40.9 Å². The number of rotatable bonds is 4. The Kier molecular flexibility index (Phi) is 3.16. The number of benzene rings is 2. The summed E-state index contributed by atoms with van der Waals surface area (Å²) >= 11 is 0. The minimum Gasteiger partial charge on any atom is -0.483 e. The monoisotopic (exact) mass is 268 g/mol. The van der Waals surface area contributed by atoms with E-state index in [1.807, 2.05) is 30.3 Å². The fraction of sp³-hybridized carbons (Fsp3) is 0.133. The van der Waals surface area contributed by atoms with Crippen molar-refractivity contribution >= 4 is 17.1 Å². The Morgan fingerprint density at radius 3 is 2.85 bits per heavy atom. The lowest BCUT2D eigenvalue weighted by atomic mass is 10.0. The van der Waals surface area contributed by atoms with E-state index in [0.29, 0.717) is 23.0 Å². The van der Waals surface area contributed by atoms with E-state index in [1.54, 1.807) is 13.0 Å². The zero-order valence-corrected chi connectivity index (χ0v) is 10.9. The molecule has 2 aromatic carbocycles. The highest BCUT2D eigenvalue weighted by atomic mass is 16.5. The summed E-state index contributed by atoms with van der Waals surface area (Å²) in [7, 11) is 0. The van der Waals surface area contributed by atoms with Crippen LogP contribution in [-0.2, 0) is 6.61 Å². The van der Waals surface area contributed by atoms with Crippen molar-refractivity contribution in [2.75, 3.05) is 0 Å². The molecular formula is C15H12N2O3. The standard InChI is InChI=1S/C15H12N2O3/c1-10-16-15(20-17-10)9-19-14-7-6-11-4-2-3-5-12(11)13(14)8-18/h2-8H,9H2,1H3. The average molecular weight is 268 g/mol. The average Bonchev–Trinajstić information content (AvgIpc) is 2.90. The highest BCUT2D eigenvalue weighted by Crippen LogP contribution is 2.27. The minimum absolute atomic E-state index is 0.139. The van der Waals surface area contributed by atoms with E-state index in [4.69, 9.17) is 9.26 Å². The third-order valence-corrected chi connectivity index (χ3v) is 2.97. The molecule has 0 aliphatic heterocycles. The second-order valence-corrected chi connectivity index (χ2v) is 4.34. The molecule has 20 heavy (non-hydrogen) atoms. The van der Waals surface area contributed by atoms with E-state index in [0.717, 1.165) is 17.1 Å². The fourth-order valence-corrected chi connectivity index (χ4v) is 2.06. The van der Waals surface area contributed by atoms with E-state index in [2.05, 4.69) is 10.1 Å². The van der Waals surface area contributed by atoms with Crippen molar-refractivity contribution in [2.24, 2.45) is 0 Å². The fourth-order valence-electron chi connectivity index (χ4n) is 2.06. The van der Waals surface area contributed by atoms with Gasteiger partial charge < -0.3 is 9.26 Å². The predicted molar refractivity (Wildman–Crippen MR) is 72.7 cm³/mol. The maximum Gasteiger partial charge on any atom is 0.264 e. The number of nitrogens with zero attached hydrogens (tertiary/aromatic N) is 2. The molecule has 0 aliphatic rings. The number of aldehydes is 1. The number of carbonyl (C=O) groups is 1. The van der Waals surface area contributed by atoms with Gasteiger partial charge in [-0.2, -0.15) is 4.98 Å². The van der Waals surface area contributed by atoms with Gasteiger partial charge in [-0.15, -0.1) is 0 Å². The third kappa shape index (κ3) is 2.25. The number of ether oxygens (including phenoxy) is 1. The lowest BCUT2D eigenvalue weighted by Crippen LogP contribution is -1.99. The molecule has 100 valence electrons. The zero-order chi connectivity index (χ0) is 13.9. The van der Waals surface area contributed by atoms with E-state index in [-0.39, 0.29) is 6.61 Å². The number of hydrogen-bond acceptors (Lipinski definition) is 5. The molecule has 0 N–H and O–H groups in total. The van der Waals surface area contributed by atoms with Gasteiger partial charge in [0.25, 0.3) is 5.89 Å². The molecule has 1 heterocycles. The molecule has 0 unspecified atom stereocenters. The first kappa shape index (κ1) is 12.3. The second-order valence-electron chi connectivity index (χ2n) is 4.34. The van der Waals surface area contributed by atoms with Gasteiger partial charge in [0, 0.05) is 0 Å². The number of aromatic nitrogens is 2. The van der Waals surface area contributed by atoms with Crippen LogP contribution < -0.4 is 4.74 Å². The van der Waals surface area contributed by atoms with Gasteiger partial charge >= 0.3 is 0 Å². The van der Waals surface area contributed by atoms with Crippen LogP contribution >= 0.6 is 0 Å². The summed E-state index contributed by atoms with van der Waals surface area (Å²) in [5.74, 6) is 1.44. The second kappa shape index (κ2) is 5.13. The van der Waals surface area contributed by atoms with Crippen LogP contribution in [0, 0.1) is 6.92 Å². The van der Waals surface area contributed by atoms with Crippen LogP contribution in [0.2, 0.25) is 0 Å². The van der Waals surface area contributed by atoms with Crippen molar-refractivity contribution in [2.45, 2.75) is 13.5 Å². The molecule has 0 fully saturated rings. The normalized spacial score (nSPS) is 10.7. The highest BCUT2D eigenvalue weighted by Gasteiger charge is 2.10. The van der Waals surface area contributed by atoms with E-state index in [9.17, 15) is 4.79 Å². The molecule has 0 aliphatic carbocycles. The topological polar surface area (TPSA) is 65.2 Å². The third-order valence-electron chi connectivity index (χ3n) is 2.97. The Hall–Kier alpha value is -2.69. The Morgan fingerprint density at radius 2 is 2.10 bits per heavy atom. The molecule has 3 aromatic rings. The Bertz CT molecular complexity index is 765. The van der Waals surface area contributed by atoms with Crippen LogP contribution in [0.4, 0.5) is 0 Å². The van der Waals surface area contributed by atoms with Crippen molar-refractivity contribution in [3.63, 3.8) is 0 Å². The molecular weight excluding hydrogens is 256 g/mol. The minimum atomic E-state index is 0.139. The van der Waals surface area contributed by atoms with Crippen LogP contribution in [0.5, 0.6) is 5.75 Å². The SMILES string of the molecule is Cc1noc(COc2ccc3ccccc3c2C=O)n1. The molecule has 0 bridgehead atoms. The number of hydrogen-bond donors (Lipinski definition) is 0. The van der Waals surface area contributed by atoms with Crippen LogP contribution in [0.25, 0.3) is 10.8 Å². The summed E-state index contributed by atoms with van der Waals surface area (Å²) in [6.45, 7) is 1.87. The highest BCUT2D eigenvalue weighted by molar-refractivity contribution is 6.00. The zero-order valence-electron chi connectivity index (χ0n) is 10.9. The van der Waals surface area contributed by atoms with E-state index in [1.165, 1.54) is 0 Å². The molecule has 0 saturated carbocycles. The van der Waals surface area contributed by atoms with Crippen molar-refractivity contribution in [3.8, 4) is 5.75 Å². The molecule has 0 radical (unpaired) electrons. The summed E-state index contributed by atoms with van der Waals surface area (Å²) in [6.07, 6.45) is 0.802. The van der Waals surface area contributed by atoms with Crippen LogP contribution in [-0.4, -0.2) is 16.4 Å². The summed E-state index contributed by atoms with van der Waals surface area (Å²) in [4.78, 5) is 15.4. The van der Waals surface area contributed by atoms with Crippen LogP contribution in [0.3, 0.4) is 0 Å². The van der Waals surface area contributed by atoms with Gasteiger partial charge in [-0.1, -0.05) is 35.5 Å². The smallest absolute Gasteiger partial charge is 0.264 e. The van der Waals surface area contributed by atoms with Crippen molar-refractivity contribution in [1.29, 1.82) is 0 Å². The molecule has 0 saturated heterocycles. The molecule has 0 atom stereocenters. The first-order valence-corrected chi connectivity index (χ1v) is 6.17. The number of carbonyl (C=O) groups excluding carboxylic acids is 1. The lowest BCUT2D eigenvalue weighted by Gasteiger charge is -2.08. The summed E-state index contributed by atoms with van der Waals surface area (Å²) < 4.78 is 10.6. The van der Waals surface area contributed by atoms with Gasteiger partial charge in [0.15, 0.2) is 18.7 Å². The van der Waals surface area contributed by atoms with Gasteiger partial charge in [0.2, 0.25) is 0 Å². The van der Waals surface area contributed by atoms with Crippen LogP contribution in [0.1, 0.15) is 22.1 Å². The van der Waals surface area contributed by atoms with Gasteiger partial charge in [-0.3, -0.25) is 4.79 Å². The number of fused-ring (bicyclic) bond motifs is 1. The maximum absolute atomic E-state index is 11.3. The summed E-state index contributed by atoms with van der Waals surface area (Å²) in [5, 5.41) is 5.54. The Labute approximate surface area is 115 Å². The first-order chi connectivity index (χ1) is 9.78. The van der Waals surface area contributed by atoms with E-state index < -0.39 is 0 Å². The predicted octanol–water partition coefficient (Wildman–Crippen LogP) is 2.92. The van der Waals surface area contributed by atoms with Gasteiger partial charge in [0.05, 0.1) is 5.56 Å². The summed E-state index contributed by atoms with van der Waals surface area (Å²) in [6, 6.07) is 11.3. The molecule has 5 nitrogen and oxygen atoms in total. The Morgan fingerprint density at radius 1 is 1.25 bits per heavy atom. The van der Waals surface area contributed by atoms with Crippen molar-refractivity contribution in [1.82, 2.24) is 10.1 Å². The molecule has 5 heteroatoms. The van der Waals surface area contributed by atoms with Gasteiger partial charge in [-0.25, -0.2) is 0 Å². The molecule has 0 amide bonds. The summed E-state index contributed by atoms with van der Waals surface area (Å²) in [5.41, 5.74) is 0.527. The quantitative estimate of drug-likeness (QED) is 0.681. The molecule has 1 aromatic heterocycles. The van der Waals surface area contributed by atoms with Crippen molar-refractivity contribution < 1.29 is 14.1 Å².